The van der Waals surface area contributed by atoms with Crippen LogP contribution >= 0.6 is 0 Å². The minimum Gasteiger partial charge on any atom is -0.465 e. The van der Waals surface area contributed by atoms with Gasteiger partial charge in [-0.3, -0.25) is 14.4 Å². The van der Waals surface area contributed by atoms with Crippen molar-refractivity contribution in [3.05, 3.63) is 58.5 Å². The zero-order chi connectivity index (χ0) is 21.5. The Morgan fingerprint density at radius 1 is 1.23 bits per heavy atom. The van der Waals surface area contributed by atoms with E-state index < -0.39 is 11.6 Å². The van der Waals surface area contributed by atoms with Crippen molar-refractivity contribution in [2.75, 3.05) is 13.1 Å². The second-order valence-corrected chi connectivity index (χ2v) is 8.14. The molecule has 7 nitrogen and oxygen atoms in total. The van der Waals surface area contributed by atoms with Crippen molar-refractivity contribution in [3.8, 4) is 0 Å². The number of likely N-dealkylation sites (tertiary alicyclic amines) is 1. The SMILES string of the molecule is CC(=O)N[C@@]1(c2ccccc2)CCN(C(=O)c2c(C)oc3c2C(=O)CCC3)C[C@H]1O. The van der Waals surface area contributed by atoms with E-state index in [2.05, 4.69) is 5.32 Å². The molecule has 0 spiro atoms. The number of hydrogen-bond acceptors (Lipinski definition) is 5. The standard InChI is InChI=1S/C23H26N2O5/c1-14-20(21-17(27)9-6-10-18(21)30-14)22(29)25-12-11-23(19(28)13-25,24-15(2)26)16-7-4-3-5-8-16/h3-5,7-8,19,28H,6,9-13H2,1-2H3,(H,24,26)/t19-,23-/m1/s1. The van der Waals surface area contributed by atoms with Gasteiger partial charge in [-0.05, 0) is 25.3 Å². The van der Waals surface area contributed by atoms with Gasteiger partial charge in [0.1, 0.15) is 11.5 Å². The molecule has 2 amide bonds. The average molecular weight is 410 g/mol. The first-order valence-corrected chi connectivity index (χ1v) is 10.3. The Bertz CT molecular complexity index is 997. The van der Waals surface area contributed by atoms with Crippen LogP contribution in [0.15, 0.2) is 34.7 Å². The van der Waals surface area contributed by atoms with Crippen LogP contribution in [0, 0.1) is 6.92 Å². The number of fused-ring (bicyclic) bond motifs is 1. The quantitative estimate of drug-likeness (QED) is 0.809. The summed E-state index contributed by atoms with van der Waals surface area (Å²) in [7, 11) is 0. The highest BCUT2D eigenvalue weighted by Crippen LogP contribution is 2.36. The normalized spacial score (nSPS) is 23.8. The number of amides is 2. The fourth-order valence-electron chi connectivity index (χ4n) is 4.75. The van der Waals surface area contributed by atoms with Crippen molar-refractivity contribution in [1.29, 1.82) is 0 Å². The third kappa shape index (κ3) is 3.33. The number of carbonyl (C=O) groups is 3. The van der Waals surface area contributed by atoms with Crippen LogP contribution in [0.2, 0.25) is 0 Å². The van der Waals surface area contributed by atoms with Crippen LogP contribution in [0.4, 0.5) is 0 Å². The van der Waals surface area contributed by atoms with Gasteiger partial charge in [-0.15, -0.1) is 0 Å². The van der Waals surface area contributed by atoms with Crippen molar-refractivity contribution in [1.82, 2.24) is 10.2 Å². The molecule has 2 aromatic rings. The summed E-state index contributed by atoms with van der Waals surface area (Å²) >= 11 is 0. The number of aryl methyl sites for hydroxylation is 2. The Balaban J connectivity index is 1.63. The highest BCUT2D eigenvalue weighted by molar-refractivity contribution is 6.10. The molecule has 2 atom stereocenters. The van der Waals surface area contributed by atoms with Crippen LogP contribution < -0.4 is 5.32 Å². The van der Waals surface area contributed by atoms with E-state index in [1.54, 1.807) is 11.8 Å². The summed E-state index contributed by atoms with van der Waals surface area (Å²) in [6, 6.07) is 9.32. The number of hydrogen-bond donors (Lipinski definition) is 2. The molecule has 30 heavy (non-hydrogen) atoms. The Hall–Kier alpha value is -2.93. The van der Waals surface area contributed by atoms with Gasteiger partial charge in [0.15, 0.2) is 5.78 Å². The van der Waals surface area contributed by atoms with Gasteiger partial charge in [0.2, 0.25) is 5.91 Å². The molecule has 0 saturated carbocycles. The van der Waals surface area contributed by atoms with Gasteiger partial charge in [0, 0.05) is 32.9 Å². The Labute approximate surface area is 175 Å². The van der Waals surface area contributed by atoms with Crippen molar-refractivity contribution in [3.63, 3.8) is 0 Å². The van der Waals surface area contributed by atoms with Gasteiger partial charge in [-0.2, -0.15) is 0 Å². The molecule has 1 aliphatic heterocycles. The lowest BCUT2D eigenvalue weighted by Crippen LogP contribution is -2.62. The maximum atomic E-state index is 13.3. The van der Waals surface area contributed by atoms with Crippen molar-refractivity contribution < 1.29 is 23.9 Å². The smallest absolute Gasteiger partial charge is 0.258 e. The summed E-state index contributed by atoms with van der Waals surface area (Å²) in [5.74, 6) is 0.406. The minimum atomic E-state index is -1.000. The van der Waals surface area contributed by atoms with Gasteiger partial charge in [0.05, 0.1) is 22.8 Å². The Morgan fingerprint density at radius 2 is 1.97 bits per heavy atom. The largest absolute Gasteiger partial charge is 0.465 e. The number of nitrogens with zero attached hydrogens (tertiary/aromatic N) is 1. The molecule has 2 heterocycles. The summed E-state index contributed by atoms with van der Waals surface area (Å²) in [5, 5.41) is 14.0. The maximum Gasteiger partial charge on any atom is 0.258 e. The molecule has 0 radical (unpaired) electrons. The fraction of sp³-hybridized carbons (Fsp3) is 0.435. The number of ketones is 1. The first-order valence-electron chi connectivity index (χ1n) is 10.3. The number of rotatable bonds is 3. The number of furan rings is 1. The van der Waals surface area contributed by atoms with E-state index in [1.165, 1.54) is 6.92 Å². The van der Waals surface area contributed by atoms with Crippen LogP contribution in [0.3, 0.4) is 0 Å². The number of aliphatic hydroxyl groups excluding tert-OH is 1. The van der Waals surface area contributed by atoms with Crippen LogP contribution in [0.25, 0.3) is 0 Å². The van der Waals surface area contributed by atoms with Crippen LogP contribution in [0.5, 0.6) is 0 Å². The molecule has 1 aromatic heterocycles. The van der Waals surface area contributed by atoms with E-state index in [9.17, 15) is 19.5 Å². The summed E-state index contributed by atoms with van der Waals surface area (Å²) in [6.07, 6.45) is 1.15. The van der Waals surface area contributed by atoms with Gasteiger partial charge in [0.25, 0.3) is 5.91 Å². The molecule has 1 fully saturated rings. The lowest BCUT2D eigenvalue weighted by Gasteiger charge is -2.46. The van der Waals surface area contributed by atoms with Crippen molar-refractivity contribution in [2.24, 2.45) is 0 Å². The third-order valence-corrected chi connectivity index (χ3v) is 6.17. The first-order chi connectivity index (χ1) is 14.3. The van der Waals surface area contributed by atoms with Gasteiger partial charge in [-0.25, -0.2) is 0 Å². The van der Waals surface area contributed by atoms with Crippen molar-refractivity contribution in [2.45, 2.75) is 51.2 Å². The summed E-state index contributed by atoms with van der Waals surface area (Å²) in [4.78, 5) is 39.3. The van der Waals surface area contributed by atoms with Gasteiger partial charge < -0.3 is 19.7 Å². The van der Waals surface area contributed by atoms with Crippen LogP contribution in [-0.2, 0) is 16.8 Å². The molecule has 7 heteroatoms. The second-order valence-electron chi connectivity index (χ2n) is 8.14. The third-order valence-electron chi connectivity index (χ3n) is 6.17. The molecule has 1 saturated heterocycles. The van der Waals surface area contributed by atoms with Crippen molar-refractivity contribution >= 4 is 17.6 Å². The van der Waals surface area contributed by atoms with E-state index >= 15 is 0 Å². The predicted octanol–water partition coefficient (Wildman–Crippen LogP) is 2.35. The number of carbonyl (C=O) groups excluding carboxylic acids is 3. The zero-order valence-corrected chi connectivity index (χ0v) is 17.2. The molecule has 0 unspecified atom stereocenters. The molecule has 0 bridgehead atoms. The lowest BCUT2D eigenvalue weighted by atomic mass is 9.78. The minimum absolute atomic E-state index is 0.0432. The second kappa shape index (κ2) is 7.72. The van der Waals surface area contributed by atoms with E-state index in [0.29, 0.717) is 48.5 Å². The number of Topliss-reactive ketones (excluding diaryl/α,β-unsaturated/α-hetero) is 1. The maximum absolute atomic E-state index is 13.3. The topological polar surface area (TPSA) is 99.9 Å². The summed E-state index contributed by atoms with van der Waals surface area (Å²) < 4.78 is 5.72. The number of piperidine rings is 1. The van der Waals surface area contributed by atoms with E-state index in [-0.39, 0.29) is 24.1 Å². The molecule has 1 aromatic carbocycles. The zero-order valence-electron chi connectivity index (χ0n) is 17.2. The number of aliphatic hydroxyl groups is 1. The molecule has 1 aliphatic carbocycles. The van der Waals surface area contributed by atoms with Crippen LogP contribution in [-0.4, -0.2) is 46.8 Å². The number of nitrogens with one attached hydrogen (secondary N) is 1. The highest BCUT2D eigenvalue weighted by atomic mass is 16.3. The Kier molecular flexibility index (Phi) is 5.24. The summed E-state index contributed by atoms with van der Waals surface area (Å²) in [6.45, 7) is 3.49. The van der Waals surface area contributed by atoms with E-state index in [1.807, 2.05) is 30.3 Å². The Morgan fingerprint density at radius 3 is 2.63 bits per heavy atom. The molecule has 4 rings (SSSR count). The highest BCUT2D eigenvalue weighted by Gasteiger charge is 2.46. The average Bonchev–Trinajstić information content (AvgIpc) is 3.06. The van der Waals surface area contributed by atoms with Crippen LogP contribution in [0.1, 0.15) is 64.0 Å². The molecule has 2 N–H and O–H groups in total. The molecular formula is C23H26N2O5. The monoisotopic (exact) mass is 410 g/mol. The number of β-amino-alcohol motifs (C(OH)–C–C–N with tert-alkyl or cyclic N) is 1. The summed E-state index contributed by atoms with van der Waals surface area (Å²) in [5.41, 5.74) is 0.547. The molecule has 2 aliphatic rings. The predicted molar refractivity (Wildman–Crippen MR) is 109 cm³/mol. The fourth-order valence-corrected chi connectivity index (χ4v) is 4.75. The van der Waals surface area contributed by atoms with Gasteiger partial charge in [-0.1, -0.05) is 30.3 Å². The van der Waals surface area contributed by atoms with E-state index in [0.717, 1.165) is 12.0 Å². The van der Waals surface area contributed by atoms with Gasteiger partial charge >= 0.3 is 0 Å². The molecule has 158 valence electrons. The number of benzene rings is 1. The lowest BCUT2D eigenvalue weighted by molar-refractivity contribution is -0.124. The van der Waals surface area contributed by atoms with E-state index in [4.69, 9.17) is 4.42 Å². The first kappa shape index (κ1) is 20.3. The molecular weight excluding hydrogens is 384 g/mol.